The van der Waals surface area contributed by atoms with Gasteiger partial charge in [-0.25, -0.2) is 0 Å². The summed E-state index contributed by atoms with van der Waals surface area (Å²) in [5.41, 5.74) is 1.35. The Bertz CT molecular complexity index is 657. The molecule has 0 saturated carbocycles. The van der Waals surface area contributed by atoms with Crippen LogP contribution in [0.3, 0.4) is 0 Å². The lowest BCUT2D eigenvalue weighted by molar-refractivity contribution is -0.143. The van der Waals surface area contributed by atoms with E-state index in [9.17, 15) is 4.79 Å². The largest absolute Gasteiger partial charge is 0.466 e. The molecule has 29 heavy (non-hydrogen) atoms. The summed E-state index contributed by atoms with van der Waals surface area (Å²) in [4.78, 5) is 11.4. The van der Waals surface area contributed by atoms with Gasteiger partial charge in [0.2, 0.25) is 0 Å². The Hall–Kier alpha value is -1.83. The monoisotopic (exact) mass is 398 g/mol. The lowest BCUT2D eigenvalue weighted by atomic mass is 10.1. The normalized spacial score (nSPS) is 10.4. The molecule has 2 rings (SSSR count). The molecule has 0 fully saturated rings. The summed E-state index contributed by atoms with van der Waals surface area (Å²) in [6, 6.07) is 14.8. The molecule has 162 valence electrons. The number of carbonyl (C=O) groups excluding carboxylic acids is 1. The molecule has 0 saturated heterocycles. The van der Waals surface area contributed by atoms with Crippen LogP contribution in [0.15, 0.2) is 42.5 Å². The second-order valence-electron chi connectivity index (χ2n) is 7.95. The summed E-state index contributed by atoms with van der Waals surface area (Å²) in [5, 5.41) is 2.68. The van der Waals surface area contributed by atoms with Crippen molar-refractivity contribution in [3.8, 4) is 0 Å². The molecule has 0 atom stereocenters. The fourth-order valence-corrected chi connectivity index (χ4v) is 3.40. The summed E-state index contributed by atoms with van der Waals surface area (Å²) in [6.07, 6.45) is 14.0. The number of ether oxygens (including phenoxy) is 1. The quantitative estimate of drug-likeness (QED) is 0.250. The van der Waals surface area contributed by atoms with Crippen molar-refractivity contribution >= 4 is 16.7 Å². The maximum Gasteiger partial charge on any atom is 0.305 e. The molecule has 0 aliphatic heterocycles. The van der Waals surface area contributed by atoms with Gasteiger partial charge in [-0.05, 0) is 36.1 Å². The second-order valence-corrected chi connectivity index (χ2v) is 7.95. The van der Waals surface area contributed by atoms with E-state index in [1.807, 2.05) is 0 Å². The first-order valence-electron chi connectivity index (χ1n) is 11.8. The van der Waals surface area contributed by atoms with Gasteiger partial charge in [0.1, 0.15) is 0 Å². The van der Waals surface area contributed by atoms with E-state index in [0.29, 0.717) is 13.0 Å². The number of benzene rings is 2. The second kappa shape index (κ2) is 17.1. The summed E-state index contributed by atoms with van der Waals surface area (Å²) < 4.78 is 5.22. The van der Waals surface area contributed by atoms with Crippen LogP contribution in [-0.2, 0) is 9.53 Å². The fourth-order valence-electron chi connectivity index (χ4n) is 3.40. The molecule has 2 heteroatoms. The molecule has 0 heterocycles. The molecule has 0 radical (unpaired) electrons. The van der Waals surface area contributed by atoms with Crippen LogP contribution in [0.25, 0.3) is 10.8 Å². The van der Waals surface area contributed by atoms with Gasteiger partial charge < -0.3 is 4.74 Å². The molecule has 0 bridgehead atoms. The zero-order valence-electron chi connectivity index (χ0n) is 19.1. The van der Waals surface area contributed by atoms with Gasteiger partial charge >= 0.3 is 5.97 Å². The van der Waals surface area contributed by atoms with Crippen LogP contribution in [0.2, 0.25) is 0 Å². The van der Waals surface area contributed by atoms with Crippen molar-refractivity contribution in [3.63, 3.8) is 0 Å². The van der Waals surface area contributed by atoms with Crippen molar-refractivity contribution in [1.29, 1.82) is 0 Å². The van der Waals surface area contributed by atoms with E-state index < -0.39 is 0 Å². The van der Waals surface area contributed by atoms with Crippen LogP contribution in [-0.4, -0.2) is 12.6 Å². The Balaban J connectivity index is 0.000000321. The Morgan fingerprint density at radius 3 is 2.00 bits per heavy atom. The molecular formula is C27H42O2. The highest BCUT2D eigenvalue weighted by Crippen LogP contribution is 2.16. The number of aryl methyl sites for hydroxylation is 1. The minimum absolute atomic E-state index is 0.0000525. The van der Waals surface area contributed by atoms with Crippen LogP contribution in [0.1, 0.15) is 96.5 Å². The van der Waals surface area contributed by atoms with E-state index in [-0.39, 0.29) is 5.97 Å². The van der Waals surface area contributed by atoms with E-state index in [1.54, 1.807) is 0 Å². The first kappa shape index (κ1) is 25.2. The molecule has 2 nitrogen and oxygen atoms in total. The lowest BCUT2D eigenvalue weighted by Gasteiger charge is -2.04. The van der Waals surface area contributed by atoms with E-state index in [2.05, 4.69) is 63.2 Å². The number of hydrogen-bond acceptors (Lipinski definition) is 2. The van der Waals surface area contributed by atoms with Crippen LogP contribution in [0, 0.1) is 6.92 Å². The number of unbranched alkanes of at least 4 members (excludes halogenated alkanes) is 9. The molecule has 0 N–H and O–H groups in total. The maximum absolute atomic E-state index is 11.4. The first-order valence-corrected chi connectivity index (χ1v) is 11.8. The lowest BCUT2D eigenvalue weighted by Crippen LogP contribution is -2.05. The average Bonchev–Trinajstić information content (AvgIpc) is 2.74. The Morgan fingerprint density at radius 2 is 1.31 bits per heavy atom. The van der Waals surface area contributed by atoms with E-state index in [0.717, 1.165) is 12.8 Å². The van der Waals surface area contributed by atoms with Crippen molar-refractivity contribution in [2.45, 2.75) is 97.8 Å². The molecule has 0 aliphatic rings. The standard InChI is InChI=1S/C16H32O2.C11H10/c1-3-5-7-9-11-13-15-18-16(17)14-12-10-8-6-4-2;1-9-5-4-7-10-6-2-3-8-11(9)10/h3-15H2,1-2H3;2-8H,1H3. The van der Waals surface area contributed by atoms with Crippen molar-refractivity contribution in [1.82, 2.24) is 0 Å². The molecule has 0 aromatic heterocycles. The van der Waals surface area contributed by atoms with Crippen LogP contribution in [0.4, 0.5) is 0 Å². The third-order valence-corrected chi connectivity index (χ3v) is 5.25. The molecule has 0 aliphatic carbocycles. The van der Waals surface area contributed by atoms with Crippen molar-refractivity contribution in [3.05, 3.63) is 48.0 Å². The highest BCUT2D eigenvalue weighted by atomic mass is 16.5. The number of hydrogen-bond donors (Lipinski definition) is 0. The van der Waals surface area contributed by atoms with Crippen LogP contribution >= 0.6 is 0 Å². The highest BCUT2D eigenvalue weighted by molar-refractivity contribution is 5.85. The summed E-state index contributed by atoms with van der Waals surface area (Å²) in [5.74, 6) is 0.0000525. The smallest absolute Gasteiger partial charge is 0.305 e. The first-order chi connectivity index (χ1) is 14.2. The van der Waals surface area contributed by atoms with Gasteiger partial charge in [0, 0.05) is 6.42 Å². The summed E-state index contributed by atoms with van der Waals surface area (Å²) >= 11 is 0. The molecule has 2 aromatic rings. The van der Waals surface area contributed by atoms with Gasteiger partial charge in [-0.3, -0.25) is 4.79 Å². The Labute approximate surface area is 179 Å². The summed E-state index contributed by atoms with van der Waals surface area (Å²) in [7, 11) is 0. The maximum atomic E-state index is 11.4. The molecule has 0 amide bonds. The van der Waals surface area contributed by atoms with E-state index >= 15 is 0 Å². The predicted molar refractivity (Wildman–Crippen MR) is 126 cm³/mol. The number of rotatable bonds is 13. The van der Waals surface area contributed by atoms with E-state index in [4.69, 9.17) is 4.74 Å². The van der Waals surface area contributed by atoms with Crippen molar-refractivity contribution in [2.75, 3.05) is 6.61 Å². The number of esters is 1. The number of carbonyl (C=O) groups is 1. The van der Waals surface area contributed by atoms with Gasteiger partial charge in [-0.1, -0.05) is 114 Å². The van der Waals surface area contributed by atoms with Gasteiger partial charge in [-0.15, -0.1) is 0 Å². The highest BCUT2D eigenvalue weighted by Gasteiger charge is 2.02. The minimum Gasteiger partial charge on any atom is -0.466 e. The van der Waals surface area contributed by atoms with E-state index in [1.165, 1.54) is 74.1 Å². The zero-order valence-corrected chi connectivity index (χ0v) is 19.1. The third kappa shape index (κ3) is 12.4. The van der Waals surface area contributed by atoms with Gasteiger partial charge in [0.05, 0.1) is 6.61 Å². The molecular weight excluding hydrogens is 356 g/mol. The SMILES string of the molecule is CCCCCCCCOC(=O)CCCCCCC.Cc1cccc2ccccc12. The number of fused-ring (bicyclic) bond motifs is 1. The molecule has 0 spiro atoms. The summed E-state index contributed by atoms with van der Waals surface area (Å²) in [6.45, 7) is 7.19. The predicted octanol–water partition coefficient (Wildman–Crippen LogP) is 8.40. The third-order valence-electron chi connectivity index (χ3n) is 5.25. The molecule has 0 unspecified atom stereocenters. The Kier molecular flexibility index (Phi) is 14.8. The zero-order chi connectivity index (χ0) is 21.2. The minimum atomic E-state index is 0.0000525. The van der Waals surface area contributed by atoms with Crippen molar-refractivity contribution < 1.29 is 9.53 Å². The Morgan fingerprint density at radius 1 is 0.724 bits per heavy atom. The van der Waals surface area contributed by atoms with Crippen LogP contribution in [0.5, 0.6) is 0 Å². The average molecular weight is 399 g/mol. The van der Waals surface area contributed by atoms with Gasteiger partial charge in [-0.2, -0.15) is 0 Å². The molecule has 2 aromatic carbocycles. The van der Waals surface area contributed by atoms with Gasteiger partial charge in [0.15, 0.2) is 0 Å². The van der Waals surface area contributed by atoms with Gasteiger partial charge in [0.25, 0.3) is 0 Å². The van der Waals surface area contributed by atoms with Crippen LogP contribution < -0.4 is 0 Å². The van der Waals surface area contributed by atoms with Crippen molar-refractivity contribution in [2.24, 2.45) is 0 Å². The topological polar surface area (TPSA) is 26.3 Å². The fraction of sp³-hybridized carbons (Fsp3) is 0.593.